The molecule has 0 saturated carbocycles. The van der Waals surface area contributed by atoms with Gasteiger partial charge >= 0.3 is 5.97 Å². The number of aromatic carboxylic acids is 1. The number of aromatic nitrogens is 1. The largest absolute Gasteiger partial charge is 0.478 e. The average Bonchev–Trinajstić information content (AvgIpc) is 2.16. The number of hydrogen-bond acceptors (Lipinski definition) is 2. The molecule has 0 radical (unpaired) electrons. The van der Waals surface area contributed by atoms with Crippen LogP contribution in [0.4, 0.5) is 8.78 Å². The Hall–Kier alpha value is -1.24. The molecule has 0 amide bonds. The first kappa shape index (κ1) is 11.8. The first-order valence-electron chi connectivity index (χ1n) is 3.81. The molecule has 0 aromatic carbocycles. The van der Waals surface area contributed by atoms with E-state index >= 15 is 0 Å². The number of halogens is 3. The molecule has 0 aliphatic rings. The van der Waals surface area contributed by atoms with E-state index in [0.717, 1.165) is 6.20 Å². The molecule has 0 aliphatic carbocycles. The van der Waals surface area contributed by atoms with Gasteiger partial charge in [-0.3, -0.25) is 4.79 Å². The van der Waals surface area contributed by atoms with Crippen LogP contribution in [-0.4, -0.2) is 16.1 Å². The minimum atomic E-state index is -2.94. The van der Waals surface area contributed by atoms with E-state index in [9.17, 15) is 18.4 Å². The number of nitrogens with one attached hydrogen (secondary N) is 1. The van der Waals surface area contributed by atoms with Gasteiger partial charge in [-0.05, 0) is 0 Å². The second kappa shape index (κ2) is 4.52. The summed E-state index contributed by atoms with van der Waals surface area (Å²) in [5, 5.41) is 8.65. The van der Waals surface area contributed by atoms with Gasteiger partial charge in [0, 0.05) is 22.7 Å². The highest BCUT2D eigenvalue weighted by molar-refractivity contribution is 9.08. The third-order valence-corrected chi connectivity index (χ3v) is 2.37. The molecular formula is C8H6BrF2NO3. The Labute approximate surface area is 91.1 Å². The van der Waals surface area contributed by atoms with E-state index in [4.69, 9.17) is 5.11 Å². The first-order valence-corrected chi connectivity index (χ1v) is 4.93. The fraction of sp³-hybridized carbons (Fsp3) is 0.250. The van der Waals surface area contributed by atoms with Gasteiger partial charge in [0.1, 0.15) is 0 Å². The van der Waals surface area contributed by atoms with Crippen LogP contribution in [0, 0.1) is 0 Å². The van der Waals surface area contributed by atoms with Crippen LogP contribution in [0.5, 0.6) is 0 Å². The zero-order valence-electron chi connectivity index (χ0n) is 7.26. The summed E-state index contributed by atoms with van der Waals surface area (Å²) in [6.45, 7) is 0. The molecule has 0 unspecified atom stereocenters. The molecule has 0 atom stereocenters. The molecular weight excluding hydrogens is 276 g/mol. The molecule has 4 nitrogen and oxygen atoms in total. The summed E-state index contributed by atoms with van der Waals surface area (Å²) >= 11 is 2.88. The van der Waals surface area contributed by atoms with E-state index in [1.165, 1.54) is 0 Å². The lowest BCUT2D eigenvalue weighted by Crippen LogP contribution is -2.19. The molecule has 0 aliphatic heterocycles. The Kier molecular flexibility index (Phi) is 3.57. The number of hydrogen-bond donors (Lipinski definition) is 2. The number of pyridine rings is 1. The summed E-state index contributed by atoms with van der Waals surface area (Å²) in [7, 11) is 0. The Bertz CT molecular complexity index is 444. The molecule has 0 bridgehead atoms. The average molecular weight is 282 g/mol. The van der Waals surface area contributed by atoms with Crippen molar-refractivity contribution in [1.29, 1.82) is 0 Å². The molecule has 0 fully saturated rings. The molecule has 7 heteroatoms. The van der Waals surface area contributed by atoms with Crippen molar-refractivity contribution in [3.8, 4) is 0 Å². The van der Waals surface area contributed by atoms with Gasteiger partial charge in [-0.25, -0.2) is 13.6 Å². The number of rotatable bonds is 3. The summed E-state index contributed by atoms with van der Waals surface area (Å²) in [6.07, 6.45) is -2.21. The van der Waals surface area contributed by atoms with Crippen molar-refractivity contribution >= 4 is 21.9 Å². The van der Waals surface area contributed by atoms with E-state index in [0.29, 0.717) is 0 Å². The van der Waals surface area contributed by atoms with Crippen LogP contribution in [0.1, 0.15) is 27.9 Å². The van der Waals surface area contributed by atoms with Gasteiger partial charge in [-0.1, -0.05) is 15.9 Å². The number of aromatic amines is 1. The molecule has 1 aromatic heterocycles. The Balaban J connectivity index is 3.56. The molecule has 0 spiro atoms. The van der Waals surface area contributed by atoms with E-state index in [1.54, 1.807) is 0 Å². The Morgan fingerprint density at radius 3 is 2.60 bits per heavy atom. The van der Waals surface area contributed by atoms with Gasteiger partial charge in [0.2, 0.25) is 0 Å². The van der Waals surface area contributed by atoms with E-state index in [1.807, 2.05) is 0 Å². The minimum absolute atomic E-state index is 0.0927. The predicted octanol–water partition coefficient (Wildman–Crippen LogP) is 1.91. The molecule has 1 heterocycles. The quantitative estimate of drug-likeness (QED) is 0.832. The fourth-order valence-corrected chi connectivity index (χ4v) is 1.68. The molecule has 1 rings (SSSR count). The van der Waals surface area contributed by atoms with Crippen LogP contribution in [0.25, 0.3) is 0 Å². The van der Waals surface area contributed by atoms with Crippen LogP contribution in [0.3, 0.4) is 0 Å². The fourth-order valence-electron chi connectivity index (χ4n) is 1.14. The standard InChI is InChI=1S/C8H6BrF2NO3/c9-1-3-5(8(14)15)4(6(10)11)2-12-7(3)13/h2,6H,1H2,(H,12,13)(H,14,15). The predicted molar refractivity (Wildman–Crippen MR) is 51.6 cm³/mol. The summed E-state index contributed by atoms with van der Waals surface area (Å²) in [6, 6.07) is 0. The number of carboxylic acid groups (broad SMARTS) is 1. The van der Waals surface area contributed by atoms with E-state index < -0.39 is 29.1 Å². The summed E-state index contributed by atoms with van der Waals surface area (Å²) < 4.78 is 24.9. The topological polar surface area (TPSA) is 70.2 Å². The van der Waals surface area contributed by atoms with Crippen molar-refractivity contribution in [2.75, 3.05) is 0 Å². The summed E-state index contributed by atoms with van der Waals surface area (Å²) in [5.41, 5.74) is -2.21. The van der Waals surface area contributed by atoms with Crippen LogP contribution < -0.4 is 5.56 Å². The zero-order chi connectivity index (χ0) is 11.6. The van der Waals surface area contributed by atoms with Crippen molar-refractivity contribution in [3.05, 3.63) is 33.2 Å². The van der Waals surface area contributed by atoms with Crippen molar-refractivity contribution in [2.45, 2.75) is 11.8 Å². The minimum Gasteiger partial charge on any atom is -0.478 e. The first-order chi connectivity index (χ1) is 6.99. The molecule has 1 aromatic rings. The van der Waals surface area contributed by atoms with Crippen LogP contribution in [-0.2, 0) is 5.33 Å². The smallest absolute Gasteiger partial charge is 0.336 e. The Morgan fingerprint density at radius 1 is 1.60 bits per heavy atom. The number of carbonyl (C=O) groups is 1. The van der Waals surface area contributed by atoms with Crippen molar-refractivity contribution in [3.63, 3.8) is 0 Å². The maximum Gasteiger partial charge on any atom is 0.336 e. The normalized spacial score (nSPS) is 10.7. The number of carboxylic acids is 1. The number of alkyl halides is 3. The van der Waals surface area contributed by atoms with Gasteiger partial charge in [0.25, 0.3) is 12.0 Å². The van der Waals surface area contributed by atoms with Crippen molar-refractivity contribution < 1.29 is 18.7 Å². The third kappa shape index (κ3) is 2.23. The summed E-state index contributed by atoms with van der Waals surface area (Å²) in [4.78, 5) is 24.0. The SMILES string of the molecule is O=C(O)c1c(C(F)F)c[nH]c(=O)c1CBr. The van der Waals surface area contributed by atoms with Crippen LogP contribution in [0.15, 0.2) is 11.0 Å². The van der Waals surface area contributed by atoms with E-state index in [2.05, 4.69) is 20.9 Å². The molecule has 2 N–H and O–H groups in total. The molecule has 82 valence electrons. The van der Waals surface area contributed by atoms with Gasteiger partial charge in [0.05, 0.1) is 5.56 Å². The monoisotopic (exact) mass is 281 g/mol. The zero-order valence-corrected chi connectivity index (χ0v) is 8.85. The Morgan fingerprint density at radius 2 is 2.20 bits per heavy atom. The lowest BCUT2D eigenvalue weighted by molar-refractivity contribution is 0.0683. The maximum atomic E-state index is 12.4. The van der Waals surface area contributed by atoms with Gasteiger partial charge < -0.3 is 10.1 Å². The van der Waals surface area contributed by atoms with E-state index in [-0.39, 0.29) is 10.9 Å². The lowest BCUT2D eigenvalue weighted by Gasteiger charge is -2.07. The van der Waals surface area contributed by atoms with Gasteiger partial charge in [0.15, 0.2) is 0 Å². The second-order valence-electron chi connectivity index (χ2n) is 2.67. The van der Waals surface area contributed by atoms with Crippen molar-refractivity contribution in [2.24, 2.45) is 0 Å². The lowest BCUT2D eigenvalue weighted by atomic mass is 10.1. The third-order valence-electron chi connectivity index (χ3n) is 1.81. The van der Waals surface area contributed by atoms with Crippen LogP contribution >= 0.6 is 15.9 Å². The molecule has 15 heavy (non-hydrogen) atoms. The van der Waals surface area contributed by atoms with Gasteiger partial charge in [-0.2, -0.15) is 0 Å². The highest BCUT2D eigenvalue weighted by atomic mass is 79.9. The highest BCUT2D eigenvalue weighted by Gasteiger charge is 2.23. The maximum absolute atomic E-state index is 12.4. The number of H-pyrrole nitrogens is 1. The van der Waals surface area contributed by atoms with Crippen molar-refractivity contribution in [1.82, 2.24) is 4.98 Å². The van der Waals surface area contributed by atoms with Gasteiger partial charge in [-0.15, -0.1) is 0 Å². The molecule has 0 saturated heterocycles. The van der Waals surface area contributed by atoms with Crippen LogP contribution in [0.2, 0.25) is 0 Å². The second-order valence-corrected chi connectivity index (χ2v) is 3.23. The summed E-state index contributed by atoms with van der Waals surface area (Å²) in [5.74, 6) is -1.54. The highest BCUT2D eigenvalue weighted by Crippen LogP contribution is 2.23.